The van der Waals surface area contributed by atoms with E-state index in [1.54, 1.807) is 24.3 Å². The van der Waals surface area contributed by atoms with Crippen molar-refractivity contribution in [1.29, 1.82) is 0 Å². The number of halogens is 1. The van der Waals surface area contributed by atoms with Crippen LogP contribution in [0.4, 0.5) is 10.5 Å². The average molecular weight is 511 g/mol. The van der Waals surface area contributed by atoms with Crippen LogP contribution >= 0.6 is 11.6 Å². The Morgan fingerprint density at radius 2 is 1.69 bits per heavy atom. The molecule has 36 heavy (non-hydrogen) atoms. The highest BCUT2D eigenvalue weighted by Gasteiger charge is 2.26. The number of aromatic nitrogens is 1. The van der Waals surface area contributed by atoms with E-state index in [1.807, 2.05) is 77.9 Å². The second-order valence-corrected chi connectivity index (χ2v) is 9.65. The normalized spacial score (nSPS) is 10.6. The SMILES string of the molecule is COc1c(C)cnc(CN(C(=O)OC(C)(C)C)c2cc(Cl)cc(-c3ccccc3C)c2)c1C.O=C=O. The van der Waals surface area contributed by atoms with Crippen LogP contribution in [0.25, 0.3) is 11.1 Å². The first-order valence-corrected chi connectivity index (χ1v) is 11.6. The van der Waals surface area contributed by atoms with E-state index in [2.05, 4.69) is 4.98 Å². The van der Waals surface area contributed by atoms with Crippen LogP contribution in [0.15, 0.2) is 48.7 Å². The highest BCUT2D eigenvalue weighted by atomic mass is 35.5. The van der Waals surface area contributed by atoms with E-state index in [-0.39, 0.29) is 12.7 Å². The number of methoxy groups -OCH3 is 1. The molecule has 0 unspecified atom stereocenters. The van der Waals surface area contributed by atoms with Gasteiger partial charge >= 0.3 is 12.2 Å². The Labute approximate surface area is 217 Å². The minimum atomic E-state index is -0.653. The molecule has 0 radical (unpaired) electrons. The van der Waals surface area contributed by atoms with Gasteiger partial charge in [0.25, 0.3) is 0 Å². The molecule has 7 nitrogen and oxygen atoms in total. The number of nitrogens with zero attached hydrogens (tertiary/aromatic N) is 2. The van der Waals surface area contributed by atoms with Crippen molar-refractivity contribution in [2.45, 2.75) is 53.7 Å². The maximum absolute atomic E-state index is 13.3. The van der Waals surface area contributed by atoms with Crippen LogP contribution in [0.2, 0.25) is 5.02 Å². The molecular weight excluding hydrogens is 480 g/mol. The van der Waals surface area contributed by atoms with Crippen LogP contribution in [-0.4, -0.2) is 29.9 Å². The maximum atomic E-state index is 13.3. The van der Waals surface area contributed by atoms with Gasteiger partial charge in [0.05, 0.1) is 19.3 Å². The van der Waals surface area contributed by atoms with E-state index in [0.717, 1.165) is 39.3 Å². The summed E-state index contributed by atoms with van der Waals surface area (Å²) in [5, 5.41) is 0.533. The van der Waals surface area contributed by atoms with Crippen molar-refractivity contribution in [3.05, 3.63) is 76.1 Å². The Morgan fingerprint density at radius 3 is 2.28 bits per heavy atom. The molecule has 0 bridgehead atoms. The van der Waals surface area contributed by atoms with Crippen LogP contribution in [0, 0.1) is 20.8 Å². The van der Waals surface area contributed by atoms with Gasteiger partial charge in [0, 0.05) is 28.0 Å². The monoisotopic (exact) mass is 510 g/mol. The summed E-state index contributed by atoms with van der Waals surface area (Å²) in [6, 6.07) is 13.7. The zero-order valence-corrected chi connectivity index (χ0v) is 22.4. The molecule has 1 heterocycles. The zero-order chi connectivity index (χ0) is 27.0. The molecule has 0 spiro atoms. The summed E-state index contributed by atoms with van der Waals surface area (Å²) in [4.78, 5) is 35.7. The smallest absolute Gasteiger partial charge is 0.415 e. The minimum absolute atomic E-state index is 0.213. The summed E-state index contributed by atoms with van der Waals surface area (Å²) in [7, 11) is 1.64. The van der Waals surface area contributed by atoms with Crippen LogP contribution in [-0.2, 0) is 20.9 Å². The molecule has 0 fully saturated rings. The summed E-state index contributed by atoms with van der Waals surface area (Å²) >= 11 is 6.52. The molecule has 0 N–H and O–H groups in total. The van der Waals surface area contributed by atoms with Gasteiger partial charge in [-0.3, -0.25) is 9.88 Å². The van der Waals surface area contributed by atoms with Gasteiger partial charge in [-0.05, 0) is 76.4 Å². The predicted molar refractivity (Wildman–Crippen MR) is 139 cm³/mol. The molecule has 2 aromatic carbocycles. The number of hydrogen-bond donors (Lipinski definition) is 0. The molecule has 1 amide bonds. The Bertz CT molecular complexity index is 1260. The van der Waals surface area contributed by atoms with Crippen molar-refractivity contribution in [3.8, 4) is 16.9 Å². The Morgan fingerprint density at radius 1 is 1.06 bits per heavy atom. The number of ether oxygens (including phenoxy) is 2. The second-order valence-electron chi connectivity index (χ2n) is 9.21. The lowest BCUT2D eigenvalue weighted by Gasteiger charge is -2.28. The van der Waals surface area contributed by atoms with Crippen molar-refractivity contribution in [2.75, 3.05) is 12.0 Å². The molecule has 0 atom stereocenters. The predicted octanol–water partition coefficient (Wildman–Crippen LogP) is 6.69. The highest BCUT2D eigenvalue weighted by Crippen LogP contribution is 2.33. The number of hydrogen-bond acceptors (Lipinski definition) is 6. The second kappa shape index (κ2) is 12.3. The van der Waals surface area contributed by atoms with Crippen molar-refractivity contribution in [3.63, 3.8) is 0 Å². The van der Waals surface area contributed by atoms with Gasteiger partial charge < -0.3 is 9.47 Å². The topological polar surface area (TPSA) is 85.8 Å². The molecule has 1 aromatic heterocycles. The lowest BCUT2D eigenvalue weighted by Crippen LogP contribution is -2.37. The number of carbonyl (C=O) groups excluding carboxylic acids is 3. The largest absolute Gasteiger partial charge is 0.496 e. The van der Waals surface area contributed by atoms with Gasteiger partial charge in [0.2, 0.25) is 0 Å². The van der Waals surface area contributed by atoms with Crippen LogP contribution in [0.5, 0.6) is 5.75 Å². The summed E-state index contributed by atoms with van der Waals surface area (Å²) in [6.07, 6.45) is 1.53. The maximum Gasteiger partial charge on any atom is 0.415 e. The first-order valence-electron chi connectivity index (χ1n) is 11.3. The third-order valence-corrected chi connectivity index (χ3v) is 5.54. The van der Waals surface area contributed by atoms with E-state index >= 15 is 0 Å². The molecule has 0 saturated carbocycles. The molecule has 8 heteroatoms. The van der Waals surface area contributed by atoms with Gasteiger partial charge in [-0.2, -0.15) is 9.59 Å². The van der Waals surface area contributed by atoms with E-state index in [0.29, 0.717) is 10.7 Å². The number of pyridine rings is 1. The van der Waals surface area contributed by atoms with Gasteiger partial charge in [0.1, 0.15) is 11.4 Å². The first kappa shape index (κ1) is 28.6. The Hall–Kier alpha value is -3.67. The fraction of sp³-hybridized carbons (Fsp3) is 0.321. The Balaban J connectivity index is 0.00000145. The number of amides is 1. The molecule has 3 aromatic rings. The molecule has 0 aliphatic carbocycles. The van der Waals surface area contributed by atoms with E-state index in [9.17, 15) is 4.79 Å². The molecule has 0 saturated heterocycles. The highest BCUT2D eigenvalue weighted by molar-refractivity contribution is 6.31. The fourth-order valence-electron chi connectivity index (χ4n) is 3.74. The third-order valence-electron chi connectivity index (χ3n) is 5.32. The van der Waals surface area contributed by atoms with Gasteiger partial charge in [-0.25, -0.2) is 4.79 Å². The number of benzene rings is 2. The average Bonchev–Trinajstić information content (AvgIpc) is 2.78. The molecule has 3 rings (SSSR count). The number of aryl methyl sites for hydroxylation is 2. The van der Waals surface area contributed by atoms with Crippen LogP contribution < -0.4 is 9.64 Å². The summed E-state index contributed by atoms with van der Waals surface area (Å²) in [5.41, 5.74) is 5.62. The summed E-state index contributed by atoms with van der Waals surface area (Å²) in [6.45, 7) is 11.7. The molecule has 190 valence electrons. The van der Waals surface area contributed by atoms with Crippen molar-refractivity contribution in [2.24, 2.45) is 0 Å². The van der Waals surface area contributed by atoms with Gasteiger partial charge in [-0.15, -0.1) is 0 Å². The molecule has 0 aliphatic heterocycles. The number of rotatable bonds is 5. The fourth-order valence-corrected chi connectivity index (χ4v) is 3.97. The quantitative estimate of drug-likeness (QED) is 0.380. The molecule has 0 aliphatic rings. The van der Waals surface area contributed by atoms with E-state index < -0.39 is 11.7 Å². The third kappa shape index (κ3) is 7.41. The Kier molecular flexibility index (Phi) is 9.79. The standard InChI is InChI=1S/C27H31ClN2O3.CO2/c1-17-10-8-9-11-23(17)20-12-21(28)14-22(13-20)30(26(31)33-27(4,5)6)16-24-19(3)25(32-7)18(2)15-29-24;2-1-3/h8-15H,16H2,1-7H3;. The van der Waals surface area contributed by atoms with Crippen LogP contribution in [0.1, 0.15) is 43.2 Å². The zero-order valence-electron chi connectivity index (χ0n) is 21.6. The minimum Gasteiger partial charge on any atom is -0.496 e. The number of carbonyl (C=O) groups is 1. The van der Waals surface area contributed by atoms with Crippen molar-refractivity contribution < 1.29 is 23.9 Å². The van der Waals surface area contributed by atoms with Crippen LogP contribution in [0.3, 0.4) is 0 Å². The number of anilines is 1. The van der Waals surface area contributed by atoms with E-state index in [4.69, 9.17) is 30.7 Å². The van der Waals surface area contributed by atoms with Crippen molar-refractivity contribution in [1.82, 2.24) is 4.98 Å². The summed E-state index contributed by atoms with van der Waals surface area (Å²) < 4.78 is 11.3. The lowest BCUT2D eigenvalue weighted by molar-refractivity contribution is -0.191. The van der Waals surface area contributed by atoms with Crippen molar-refractivity contribution >= 4 is 29.5 Å². The summed E-state index contributed by atoms with van der Waals surface area (Å²) in [5.74, 6) is 0.760. The first-order chi connectivity index (χ1) is 16.9. The lowest BCUT2D eigenvalue weighted by atomic mass is 10.00. The molecular formula is C28H31ClN2O5. The van der Waals surface area contributed by atoms with E-state index in [1.165, 1.54) is 0 Å². The van der Waals surface area contributed by atoms with Gasteiger partial charge in [-0.1, -0.05) is 35.9 Å². The van der Waals surface area contributed by atoms with Gasteiger partial charge in [0.15, 0.2) is 0 Å².